The van der Waals surface area contributed by atoms with Gasteiger partial charge in [-0.05, 0) is 6.92 Å². The monoisotopic (exact) mass is 242 g/mol. The van der Waals surface area contributed by atoms with Gasteiger partial charge in [0.2, 0.25) is 0 Å². The van der Waals surface area contributed by atoms with Crippen LogP contribution in [-0.2, 0) is 18.1 Å². The van der Waals surface area contributed by atoms with Crippen molar-refractivity contribution in [1.82, 2.24) is 0 Å². The zero-order chi connectivity index (χ0) is 10.7. The number of hydrogen-bond donors (Lipinski definition) is 2. The van der Waals surface area contributed by atoms with Gasteiger partial charge in [-0.25, -0.2) is 0 Å². The molecule has 0 aromatic heterocycles. The Hall–Kier alpha value is 0.307. The Kier molecular flexibility index (Phi) is 4.81. The second kappa shape index (κ2) is 4.69. The molecule has 0 atom stereocenters. The van der Waals surface area contributed by atoms with Crippen molar-refractivity contribution in [2.75, 3.05) is 14.2 Å². The summed E-state index contributed by atoms with van der Waals surface area (Å²) in [6.45, 7) is 3.12. The smallest absolute Gasteiger partial charge is 0.472 e. The van der Waals surface area contributed by atoms with E-state index in [4.69, 9.17) is 13.3 Å². The van der Waals surface area contributed by atoms with Gasteiger partial charge in [0.25, 0.3) is 0 Å². The van der Waals surface area contributed by atoms with Gasteiger partial charge in [-0.2, -0.15) is 25.3 Å². The molecule has 0 saturated heterocycles. The lowest BCUT2D eigenvalue weighted by atomic mass is 10.5. The molecule has 4 nitrogen and oxygen atoms in total. The van der Waals surface area contributed by atoms with Gasteiger partial charge in [0.15, 0.2) is 0 Å². The summed E-state index contributed by atoms with van der Waals surface area (Å²) in [4.78, 5) is 11.3. The molecule has 0 aliphatic carbocycles. The lowest BCUT2D eigenvalue weighted by Crippen LogP contribution is -2.45. The molecule has 0 bridgehead atoms. The summed E-state index contributed by atoms with van der Waals surface area (Å²) in [6, 6.07) is 0. The average molecular weight is 242 g/mol. The molecule has 0 aliphatic rings. The van der Waals surface area contributed by atoms with Gasteiger partial charge < -0.3 is 13.3 Å². The number of hydrogen-bond acceptors (Lipinski definition) is 6. The molecular weight excluding hydrogens is 228 g/mol. The largest absolute Gasteiger partial charge is 0.564 e. The zero-order valence-corrected chi connectivity index (χ0v) is 10.8. The zero-order valence-electron chi connectivity index (χ0n) is 8.03. The molecule has 0 fully saturated rings. The molecular formula is C6H14O4S2Si. The van der Waals surface area contributed by atoms with Crippen LogP contribution < -0.4 is 0 Å². The number of carbonyl (C=O) groups excluding carboxylic acids is 1. The van der Waals surface area contributed by atoms with Crippen LogP contribution in [-0.4, -0.2) is 33.1 Å². The molecule has 0 spiro atoms. The highest BCUT2D eigenvalue weighted by Crippen LogP contribution is 2.22. The number of rotatable bonds is 4. The van der Waals surface area contributed by atoms with Crippen LogP contribution in [0.3, 0.4) is 0 Å². The molecule has 0 rings (SSSR count). The normalized spacial score (nSPS) is 12.8. The highest BCUT2D eigenvalue weighted by molar-refractivity contribution is 8.01. The molecule has 0 unspecified atom stereocenters. The fourth-order valence-corrected chi connectivity index (χ4v) is 1.57. The van der Waals surface area contributed by atoms with Gasteiger partial charge in [-0.1, -0.05) is 0 Å². The van der Waals surface area contributed by atoms with E-state index >= 15 is 0 Å². The van der Waals surface area contributed by atoms with Crippen molar-refractivity contribution in [3.05, 3.63) is 0 Å². The van der Waals surface area contributed by atoms with Crippen molar-refractivity contribution in [3.8, 4) is 0 Å². The van der Waals surface area contributed by atoms with E-state index in [0.717, 1.165) is 0 Å². The Balaban J connectivity index is 4.35. The highest BCUT2D eigenvalue weighted by Gasteiger charge is 2.40. The van der Waals surface area contributed by atoms with E-state index in [1.807, 2.05) is 0 Å². The molecule has 0 aromatic rings. The molecule has 0 heterocycles. The molecule has 13 heavy (non-hydrogen) atoms. The van der Waals surface area contributed by atoms with Gasteiger partial charge in [-0.15, -0.1) is 0 Å². The minimum absolute atomic E-state index is 0.572. The van der Waals surface area contributed by atoms with Gasteiger partial charge in [0, 0.05) is 20.8 Å². The van der Waals surface area contributed by atoms with Crippen molar-refractivity contribution in [2.45, 2.75) is 17.5 Å². The average Bonchev–Trinajstić information content (AvgIpc) is 2.02. The van der Waals surface area contributed by atoms with Crippen LogP contribution in [0.2, 0.25) is 6.55 Å². The Labute approximate surface area is 90.1 Å². The maximum absolute atomic E-state index is 11.3. The first-order valence-corrected chi connectivity index (χ1v) is 6.65. The SMILES string of the molecule is CO[Si](C)(OC)OC(=O)C(C)(S)S. The highest BCUT2D eigenvalue weighted by atomic mass is 32.2. The van der Waals surface area contributed by atoms with Crippen LogP contribution >= 0.6 is 25.3 Å². The first-order chi connectivity index (χ1) is 5.75. The second-order valence-electron chi connectivity index (χ2n) is 2.68. The Morgan fingerprint density at radius 1 is 1.31 bits per heavy atom. The molecule has 0 aliphatic heterocycles. The third-order valence-electron chi connectivity index (χ3n) is 1.41. The Bertz CT molecular complexity index is 188. The number of carbonyl (C=O) groups is 1. The fourth-order valence-electron chi connectivity index (χ4n) is 0.432. The molecule has 0 N–H and O–H groups in total. The van der Waals surface area contributed by atoms with Gasteiger partial charge in [-0.3, -0.25) is 4.79 Å². The minimum Gasteiger partial charge on any atom is -0.472 e. The maximum Gasteiger partial charge on any atom is 0.564 e. The van der Waals surface area contributed by atoms with Crippen LogP contribution in [0.4, 0.5) is 0 Å². The van der Waals surface area contributed by atoms with Crippen molar-refractivity contribution in [2.24, 2.45) is 0 Å². The van der Waals surface area contributed by atoms with Crippen molar-refractivity contribution < 1.29 is 18.1 Å². The van der Waals surface area contributed by atoms with Gasteiger partial charge >= 0.3 is 14.8 Å². The lowest BCUT2D eigenvalue weighted by Gasteiger charge is -2.25. The first kappa shape index (κ1) is 13.3. The fraction of sp³-hybridized carbons (Fsp3) is 0.833. The van der Waals surface area contributed by atoms with Crippen LogP contribution in [0.25, 0.3) is 0 Å². The molecule has 0 radical (unpaired) electrons. The standard InChI is InChI=1S/C6H14O4S2Si/c1-6(11,12)5(7)10-13(4,8-2)9-3/h11-12H,1-4H3. The first-order valence-electron chi connectivity index (χ1n) is 3.53. The lowest BCUT2D eigenvalue weighted by molar-refractivity contribution is -0.138. The summed E-state index contributed by atoms with van der Waals surface area (Å²) in [7, 11) is 0.0384. The minimum atomic E-state index is -2.82. The maximum atomic E-state index is 11.3. The van der Waals surface area contributed by atoms with Crippen molar-refractivity contribution in [1.29, 1.82) is 0 Å². The van der Waals surface area contributed by atoms with Crippen LogP contribution in [0.15, 0.2) is 0 Å². The predicted octanol–water partition coefficient (Wildman–Crippen LogP) is 0.967. The van der Waals surface area contributed by atoms with Crippen LogP contribution in [0, 0.1) is 0 Å². The molecule has 0 aromatic carbocycles. The molecule has 78 valence electrons. The summed E-state index contributed by atoms with van der Waals surface area (Å²) in [6.07, 6.45) is 0. The van der Waals surface area contributed by atoms with Gasteiger partial charge in [0.05, 0.1) is 0 Å². The second-order valence-corrected chi connectivity index (χ2v) is 7.57. The molecule has 7 heteroatoms. The van der Waals surface area contributed by atoms with E-state index in [9.17, 15) is 4.79 Å². The van der Waals surface area contributed by atoms with E-state index in [-0.39, 0.29) is 0 Å². The predicted molar refractivity (Wildman–Crippen MR) is 58.1 cm³/mol. The third kappa shape index (κ3) is 4.36. The summed E-state index contributed by atoms with van der Waals surface area (Å²) in [5.41, 5.74) is 0. The Morgan fingerprint density at radius 2 is 1.69 bits per heavy atom. The van der Waals surface area contributed by atoms with E-state index < -0.39 is 18.9 Å². The Morgan fingerprint density at radius 3 is 1.92 bits per heavy atom. The number of thiol groups is 2. The summed E-state index contributed by atoms with van der Waals surface area (Å²) in [5, 5.41) is 0. The van der Waals surface area contributed by atoms with E-state index in [1.54, 1.807) is 6.55 Å². The van der Waals surface area contributed by atoms with Crippen molar-refractivity contribution >= 4 is 40.0 Å². The van der Waals surface area contributed by atoms with Crippen molar-refractivity contribution in [3.63, 3.8) is 0 Å². The van der Waals surface area contributed by atoms with E-state index in [0.29, 0.717) is 0 Å². The van der Waals surface area contributed by atoms with Crippen LogP contribution in [0.5, 0.6) is 0 Å². The molecule has 0 amide bonds. The summed E-state index contributed by atoms with van der Waals surface area (Å²) >= 11 is 7.88. The topological polar surface area (TPSA) is 44.8 Å². The summed E-state index contributed by atoms with van der Waals surface area (Å²) in [5.74, 6) is -0.572. The van der Waals surface area contributed by atoms with Crippen LogP contribution in [0.1, 0.15) is 6.92 Å². The quantitative estimate of drug-likeness (QED) is 0.438. The third-order valence-corrected chi connectivity index (χ3v) is 3.81. The van der Waals surface area contributed by atoms with E-state index in [2.05, 4.69) is 25.3 Å². The summed E-state index contributed by atoms with van der Waals surface area (Å²) < 4.78 is 13.8. The van der Waals surface area contributed by atoms with Gasteiger partial charge in [0.1, 0.15) is 4.08 Å². The van der Waals surface area contributed by atoms with E-state index in [1.165, 1.54) is 21.1 Å². The molecule has 0 saturated carbocycles.